The Balaban J connectivity index is 1.66. The van der Waals surface area contributed by atoms with Crippen molar-refractivity contribution in [2.24, 2.45) is 0 Å². The highest BCUT2D eigenvalue weighted by atomic mass is 32.1. The van der Waals surface area contributed by atoms with Crippen molar-refractivity contribution >= 4 is 17.0 Å². The van der Waals surface area contributed by atoms with Gasteiger partial charge in [0.15, 0.2) is 0 Å². The molecule has 21 heavy (non-hydrogen) atoms. The maximum atomic E-state index is 8.78. The average molecular weight is 290 g/mol. The van der Waals surface area contributed by atoms with Crippen LogP contribution >= 0.6 is 11.3 Å². The van der Waals surface area contributed by atoms with Gasteiger partial charge in [-0.05, 0) is 42.0 Å². The highest BCUT2D eigenvalue weighted by molar-refractivity contribution is 7.15. The Morgan fingerprint density at radius 3 is 2.38 bits per heavy atom. The van der Waals surface area contributed by atoms with Crippen molar-refractivity contribution < 1.29 is 0 Å². The molecular weight excluding hydrogens is 276 g/mol. The molecule has 3 aromatic rings. The fraction of sp³-hybridized carbons (Fsp3) is 0.0556. The highest BCUT2D eigenvalue weighted by Gasteiger charge is 2.02. The summed E-state index contributed by atoms with van der Waals surface area (Å²) in [4.78, 5) is 2.57. The van der Waals surface area contributed by atoms with Gasteiger partial charge in [-0.2, -0.15) is 5.26 Å². The molecule has 102 valence electrons. The summed E-state index contributed by atoms with van der Waals surface area (Å²) in [5.74, 6) is 0. The number of rotatable bonds is 4. The number of anilines is 1. The Labute approximate surface area is 128 Å². The van der Waals surface area contributed by atoms with E-state index in [1.54, 1.807) is 11.3 Å². The molecule has 0 aliphatic carbocycles. The van der Waals surface area contributed by atoms with Crippen molar-refractivity contribution in [3.63, 3.8) is 0 Å². The molecule has 0 aliphatic heterocycles. The second-order valence-corrected chi connectivity index (χ2v) is 5.84. The third-order valence-electron chi connectivity index (χ3n) is 3.20. The Kier molecular flexibility index (Phi) is 3.99. The van der Waals surface area contributed by atoms with Crippen LogP contribution in [0.1, 0.15) is 10.4 Å². The SMILES string of the molecule is N#Cc1ccc(NCc2ccc(-c3ccccc3)s2)cc1. The minimum absolute atomic E-state index is 0.683. The molecule has 0 saturated carbocycles. The fourth-order valence-corrected chi connectivity index (χ4v) is 3.04. The van der Waals surface area contributed by atoms with Crippen molar-refractivity contribution in [3.05, 3.63) is 77.2 Å². The number of benzene rings is 2. The molecule has 3 heteroatoms. The van der Waals surface area contributed by atoms with E-state index in [-0.39, 0.29) is 0 Å². The van der Waals surface area contributed by atoms with E-state index in [9.17, 15) is 0 Å². The first-order valence-corrected chi connectivity index (χ1v) is 7.55. The third kappa shape index (κ3) is 3.31. The molecule has 0 fully saturated rings. The number of thiophene rings is 1. The lowest BCUT2D eigenvalue weighted by molar-refractivity contribution is 1.19. The summed E-state index contributed by atoms with van der Waals surface area (Å²) in [6.45, 7) is 0.795. The first-order valence-electron chi connectivity index (χ1n) is 6.73. The Morgan fingerprint density at radius 1 is 0.905 bits per heavy atom. The summed E-state index contributed by atoms with van der Waals surface area (Å²) in [7, 11) is 0. The summed E-state index contributed by atoms with van der Waals surface area (Å²) >= 11 is 1.80. The van der Waals surface area contributed by atoms with Gasteiger partial charge in [0.25, 0.3) is 0 Å². The van der Waals surface area contributed by atoms with Gasteiger partial charge in [-0.3, -0.25) is 0 Å². The van der Waals surface area contributed by atoms with Crippen molar-refractivity contribution in [2.45, 2.75) is 6.54 Å². The van der Waals surface area contributed by atoms with Crippen LogP contribution in [-0.2, 0) is 6.54 Å². The van der Waals surface area contributed by atoms with E-state index < -0.39 is 0 Å². The summed E-state index contributed by atoms with van der Waals surface area (Å²) in [6, 6.07) is 24.4. The van der Waals surface area contributed by atoms with E-state index in [2.05, 4.69) is 47.8 Å². The molecule has 1 N–H and O–H groups in total. The van der Waals surface area contributed by atoms with E-state index in [0.29, 0.717) is 5.56 Å². The molecule has 1 aromatic heterocycles. The third-order valence-corrected chi connectivity index (χ3v) is 4.34. The Hall–Kier alpha value is -2.57. The summed E-state index contributed by atoms with van der Waals surface area (Å²) in [5, 5.41) is 12.2. The molecule has 0 amide bonds. The summed E-state index contributed by atoms with van der Waals surface area (Å²) in [6.07, 6.45) is 0. The number of hydrogen-bond donors (Lipinski definition) is 1. The maximum Gasteiger partial charge on any atom is 0.0991 e. The van der Waals surface area contributed by atoms with Crippen LogP contribution in [0.4, 0.5) is 5.69 Å². The van der Waals surface area contributed by atoms with Crippen molar-refractivity contribution in [2.75, 3.05) is 5.32 Å². The first-order chi connectivity index (χ1) is 10.3. The van der Waals surface area contributed by atoms with Crippen molar-refractivity contribution in [1.29, 1.82) is 5.26 Å². The molecule has 0 radical (unpaired) electrons. The van der Waals surface area contributed by atoms with Gasteiger partial charge in [0.1, 0.15) is 0 Å². The van der Waals surface area contributed by atoms with E-state index >= 15 is 0 Å². The largest absolute Gasteiger partial charge is 0.380 e. The number of nitrogens with one attached hydrogen (secondary N) is 1. The maximum absolute atomic E-state index is 8.78. The highest BCUT2D eigenvalue weighted by Crippen LogP contribution is 2.28. The molecule has 1 heterocycles. The normalized spacial score (nSPS) is 10.0. The lowest BCUT2D eigenvalue weighted by Gasteiger charge is -2.04. The summed E-state index contributed by atoms with van der Waals surface area (Å²) in [5.41, 5.74) is 2.97. The predicted molar refractivity (Wildman–Crippen MR) is 88.2 cm³/mol. The zero-order chi connectivity index (χ0) is 14.5. The van der Waals surface area contributed by atoms with E-state index in [1.807, 2.05) is 30.3 Å². The van der Waals surface area contributed by atoms with Crippen LogP contribution in [0.5, 0.6) is 0 Å². The summed E-state index contributed by atoms with van der Waals surface area (Å²) < 4.78 is 0. The van der Waals surface area contributed by atoms with Gasteiger partial charge in [0, 0.05) is 22.0 Å². The van der Waals surface area contributed by atoms with Crippen molar-refractivity contribution in [1.82, 2.24) is 0 Å². The van der Waals surface area contributed by atoms with Gasteiger partial charge in [-0.15, -0.1) is 11.3 Å². The molecule has 0 spiro atoms. The molecular formula is C18H14N2S. The van der Waals surface area contributed by atoms with Crippen molar-refractivity contribution in [3.8, 4) is 16.5 Å². The quantitative estimate of drug-likeness (QED) is 0.742. The van der Waals surface area contributed by atoms with Gasteiger partial charge in [-0.1, -0.05) is 30.3 Å². The van der Waals surface area contributed by atoms with Crippen LogP contribution in [0, 0.1) is 11.3 Å². The van der Waals surface area contributed by atoms with Crippen LogP contribution in [0.3, 0.4) is 0 Å². The Morgan fingerprint density at radius 2 is 1.67 bits per heavy atom. The van der Waals surface area contributed by atoms with E-state index in [0.717, 1.165) is 12.2 Å². The zero-order valence-electron chi connectivity index (χ0n) is 11.4. The molecule has 2 nitrogen and oxygen atoms in total. The molecule has 0 bridgehead atoms. The van der Waals surface area contributed by atoms with Gasteiger partial charge >= 0.3 is 0 Å². The molecule has 0 aliphatic rings. The van der Waals surface area contributed by atoms with E-state index in [1.165, 1.54) is 15.3 Å². The van der Waals surface area contributed by atoms with Crippen LogP contribution < -0.4 is 5.32 Å². The van der Waals surface area contributed by atoms with Crippen LogP contribution in [0.25, 0.3) is 10.4 Å². The van der Waals surface area contributed by atoms with Crippen LogP contribution in [0.15, 0.2) is 66.7 Å². The minimum Gasteiger partial charge on any atom is -0.380 e. The Bertz CT molecular complexity index is 752. The fourth-order valence-electron chi connectivity index (χ4n) is 2.08. The second kappa shape index (κ2) is 6.25. The van der Waals surface area contributed by atoms with Gasteiger partial charge in [-0.25, -0.2) is 0 Å². The standard InChI is InChI=1S/C18H14N2S/c19-12-14-6-8-16(9-7-14)20-13-17-10-11-18(21-17)15-4-2-1-3-5-15/h1-11,20H,13H2. The number of nitrogens with zero attached hydrogens (tertiary/aromatic N) is 1. The van der Waals surface area contributed by atoms with Crippen LogP contribution in [0.2, 0.25) is 0 Å². The smallest absolute Gasteiger partial charge is 0.0991 e. The lowest BCUT2D eigenvalue weighted by Crippen LogP contribution is -1.96. The zero-order valence-corrected chi connectivity index (χ0v) is 12.2. The van der Waals surface area contributed by atoms with Gasteiger partial charge in [0.2, 0.25) is 0 Å². The first kappa shape index (κ1) is 13.4. The number of nitriles is 1. The monoisotopic (exact) mass is 290 g/mol. The van der Waals surface area contributed by atoms with Gasteiger partial charge < -0.3 is 5.32 Å². The molecule has 0 saturated heterocycles. The molecule has 2 aromatic carbocycles. The van der Waals surface area contributed by atoms with E-state index in [4.69, 9.17) is 5.26 Å². The van der Waals surface area contributed by atoms with Crippen LogP contribution in [-0.4, -0.2) is 0 Å². The second-order valence-electron chi connectivity index (χ2n) is 4.67. The molecule has 0 unspecified atom stereocenters. The predicted octanol–water partition coefficient (Wildman–Crippen LogP) is 4.90. The van der Waals surface area contributed by atoms with Gasteiger partial charge in [0.05, 0.1) is 11.6 Å². The molecule has 3 rings (SSSR count). The molecule has 0 atom stereocenters. The minimum atomic E-state index is 0.683. The number of hydrogen-bond acceptors (Lipinski definition) is 3. The lowest BCUT2D eigenvalue weighted by atomic mass is 10.2. The topological polar surface area (TPSA) is 35.8 Å². The average Bonchev–Trinajstić information content (AvgIpc) is 3.03.